The fourth-order valence-electron chi connectivity index (χ4n) is 7.29. The van der Waals surface area contributed by atoms with E-state index in [9.17, 15) is 24.0 Å². The number of carbonyl (C=O) groups is 5. The minimum atomic E-state index is -0.720. The number of nitrogens with one attached hydrogen (secondary N) is 4. The number of hydrogen-bond acceptors (Lipinski definition) is 12. The van der Waals surface area contributed by atoms with Crippen LogP contribution in [-0.4, -0.2) is 96.6 Å². The molecule has 1 aliphatic carbocycles. The van der Waals surface area contributed by atoms with E-state index in [0.29, 0.717) is 69.2 Å². The zero-order valence-corrected chi connectivity index (χ0v) is 31.8. The summed E-state index contributed by atoms with van der Waals surface area (Å²) in [7, 11) is 0. The van der Waals surface area contributed by atoms with Crippen molar-refractivity contribution in [2.75, 3.05) is 56.8 Å². The smallest absolute Gasteiger partial charge is 0.255 e. The van der Waals surface area contributed by atoms with Crippen LogP contribution in [0.25, 0.3) is 0 Å². The predicted octanol–water partition coefficient (Wildman–Crippen LogP) is 4.12. The number of aromatic nitrogens is 2. The Morgan fingerprint density at radius 2 is 1.73 bits per heavy atom. The van der Waals surface area contributed by atoms with Crippen LogP contribution in [0.3, 0.4) is 0 Å². The summed E-state index contributed by atoms with van der Waals surface area (Å²) in [5.41, 5.74) is 2.01. The normalized spacial score (nSPS) is 17.8. The lowest BCUT2D eigenvalue weighted by molar-refractivity contribution is -0.137. The topological polar surface area (TPSA) is 190 Å². The maximum Gasteiger partial charge on any atom is 0.255 e. The van der Waals surface area contributed by atoms with Crippen molar-refractivity contribution < 1.29 is 38.2 Å². The molecule has 2 aromatic heterocycles. The number of anilines is 3. The van der Waals surface area contributed by atoms with Crippen molar-refractivity contribution in [3.05, 3.63) is 64.8 Å². The molecule has 0 radical (unpaired) electrons. The summed E-state index contributed by atoms with van der Waals surface area (Å²) >= 11 is 1.51. The quantitative estimate of drug-likeness (QED) is 0.0955. The molecule has 1 saturated carbocycles. The molecule has 5 amide bonds. The van der Waals surface area contributed by atoms with Crippen LogP contribution >= 0.6 is 11.3 Å². The van der Waals surface area contributed by atoms with E-state index in [0.717, 1.165) is 48.7 Å². The van der Waals surface area contributed by atoms with Gasteiger partial charge in [-0.05, 0) is 49.9 Å². The SMILES string of the molecule is O=C1CCC(N2Cc3c(NC(=O)CCOCCCOCCOCCNC(=O)C4(Cc5cccc(Nc6nccs6)n5)CCCCC4)cccc3C2=O)C(=O)N1. The second-order valence-electron chi connectivity index (χ2n) is 14.0. The highest BCUT2D eigenvalue weighted by molar-refractivity contribution is 7.13. The van der Waals surface area contributed by atoms with Crippen LogP contribution in [0, 0.1) is 5.41 Å². The van der Waals surface area contributed by atoms with Gasteiger partial charge in [0, 0.05) is 73.2 Å². The fraction of sp³-hybridized carbons (Fsp3) is 0.513. The number of amides is 5. The monoisotopic (exact) mass is 775 g/mol. The summed E-state index contributed by atoms with van der Waals surface area (Å²) in [5, 5.41) is 14.2. The highest BCUT2D eigenvalue weighted by atomic mass is 32.1. The first-order chi connectivity index (χ1) is 26.8. The van der Waals surface area contributed by atoms with Crippen LogP contribution in [-0.2, 0) is 46.4 Å². The molecule has 3 aromatic rings. The van der Waals surface area contributed by atoms with E-state index in [4.69, 9.17) is 19.2 Å². The predicted molar refractivity (Wildman–Crippen MR) is 205 cm³/mol. The number of hydrogen-bond donors (Lipinski definition) is 4. The Hall–Kier alpha value is -4.77. The van der Waals surface area contributed by atoms with Crippen LogP contribution < -0.4 is 21.3 Å². The van der Waals surface area contributed by atoms with Crippen molar-refractivity contribution in [1.82, 2.24) is 25.5 Å². The Labute approximate surface area is 324 Å². The van der Waals surface area contributed by atoms with E-state index in [2.05, 4.69) is 26.3 Å². The van der Waals surface area contributed by atoms with E-state index in [1.807, 2.05) is 23.6 Å². The minimum absolute atomic E-state index is 0.0584. The van der Waals surface area contributed by atoms with Crippen molar-refractivity contribution >= 4 is 57.5 Å². The number of pyridine rings is 1. The maximum atomic E-state index is 13.5. The molecule has 4 N–H and O–H groups in total. The van der Waals surface area contributed by atoms with Gasteiger partial charge in [-0.2, -0.15) is 0 Å². The molecule has 4 heterocycles. The first kappa shape index (κ1) is 39.9. The minimum Gasteiger partial charge on any atom is -0.381 e. The number of piperidine rings is 1. The van der Waals surface area contributed by atoms with E-state index in [1.165, 1.54) is 16.2 Å². The molecule has 1 saturated heterocycles. The largest absolute Gasteiger partial charge is 0.381 e. The summed E-state index contributed by atoms with van der Waals surface area (Å²) in [6.45, 7) is 2.96. The molecule has 1 atom stereocenters. The molecule has 2 fully saturated rings. The Morgan fingerprint density at radius 1 is 0.945 bits per heavy atom. The molecule has 3 aliphatic rings. The summed E-state index contributed by atoms with van der Waals surface area (Å²) in [4.78, 5) is 73.5. The standard InChI is InChI=1S/C39H49N7O8S/c47-33-12-11-31(35(49)45-33)46-26-29-28(36(46)50)8-5-9-30(29)43-34(48)13-20-52-18-6-19-53-22-23-54-21-16-40-37(51)39(14-2-1-3-15-39)25-27-7-4-10-32(42-27)44-38-41-17-24-55-38/h4-5,7-10,17,24,31H,1-3,6,11-16,18-23,25-26H2,(H,40,51)(H,43,48)(H,41,42,44)(H,45,47,49). The first-order valence-corrected chi connectivity index (χ1v) is 19.9. The second kappa shape index (κ2) is 19.7. The number of imide groups is 1. The van der Waals surface area contributed by atoms with Gasteiger partial charge in [-0.3, -0.25) is 29.3 Å². The number of fused-ring (bicyclic) bond motifs is 1. The van der Waals surface area contributed by atoms with Crippen molar-refractivity contribution in [1.29, 1.82) is 0 Å². The number of rotatable bonds is 20. The molecule has 2 aliphatic heterocycles. The molecule has 0 spiro atoms. The highest BCUT2D eigenvalue weighted by Crippen LogP contribution is 2.39. The van der Waals surface area contributed by atoms with Gasteiger partial charge in [0.2, 0.25) is 23.6 Å². The third-order valence-corrected chi connectivity index (χ3v) is 10.8. The first-order valence-electron chi connectivity index (χ1n) is 19.0. The van der Waals surface area contributed by atoms with Crippen LogP contribution in [0.15, 0.2) is 48.0 Å². The lowest BCUT2D eigenvalue weighted by atomic mass is 9.70. The lowest BCUT2D eigenvalue weighted by Gasteiger charge is -2.35. The van der Waals surface area contributed by atoms with Crippen molar-refractivity contribution in [2.45, 2.75) is 76.8 Å². The summed E-state index contributed by atoms with van der Waals surface area (Å²) in [6.07, 6.45) is 8.43. The molecule has 55 heavy (non-hydrogen) atoms. The Morgan fingerprint density at radius 3 is 2.51 bits per heavy atom. The molecule has 1 aromatic carbocycles. The van der Waals surface area contributed by atoms with Crippen LogP contribution in [0.1, 0.15) is 79.4 Å². The third-order valence-electron chi connectivity index (χ3n) is 10.1. The zero-order chi connectivity index (χ0) is 38.5. The highest BCUT2D eigenvalue weighted by Gasteiger charge is 2.41. The fourth-order valence-corrected chi connectivity index (χ4v) is 7.83. The van der Waals surface area contributed by atoms with Crippen LogP contribution in [0.2, 0.25) is 0 Å². The van der Waals surface area contributed by atoms with E-state index < -0.39 is 17.4 Å². The van der Waals surface area contributed by atoms with E-state index in [1.54, 1.807) is 24.4 Å². The molecule has 0 bridgehead atoms. The van der Waals surface area contributed by atoms with Crippen molar-refractivity contribution in [2.24, 2.45) is 5.41 Å². The Balaban J connectivity index is 0.803. The lowest BCUT2D eigenvalue weighted by Crippen LogP contribution is -2.52. The van der Waals surface area contributed by atoms with Crippen LogP contribution in [0.4, 0.5) is 16.6 Å². The van der Waals surface area contributed by atoms with Gasteiger partial charge >= 0.3 is 0 Å². The van der Waals surface area contributed by atoms with Gasteiger partial charge in [0.15, 0.2) is 5.13 Å². The molecule has 294 valence electrons. The molecular weight excluding hydrogens is 727 g/mol. The van der Waals surface area contributed by atoms with Gasteiger partial charge in [0.05, 0.1) is 38.3 Å². The average Bonchev–Trinajstić information content (AvgIpc) is 3.82. The zero-order valence-electron chi connectivity index (χ0n) is 30.9. The van der Waals surface area contributed by atoms with Gasteiger partial charge in [0.25, 0.3) is 5.91 Å². The van der Waals surface area contributed by atoms with Crippen molar-refractivity contribution in [3.63, 3.8) is 0 Å². The molecular formula is C39H49N7O8S. The number of carbonyl (C=O) groups excluding carboxylic acids is 5. The van der Waals surface area contributed by atoms with E-state index in [-0.39, 0.29) is 56.0 Å². The maximum absolute atomic E-state index is 13.5. The average molecular weight is 776 g/mol. The van der Waals surface area contributed by atoms with Gasteiger partial charge < -0.3 is 35.1 Å². The summed E-state index contributed by atoms with van der Waals surface area (Å²) < 4.78 is 17.0. The summed E-state index contributed by atoms with van der Waals surface area (Å²) in [6, 6.07) is 10.2. The Kier molecular flexibility index (Phi) is 14.3. The molecule has 16 heteroatoms. The van der Waals surface area contributed by atoms with Gasteiger partial charge in [0.1, 0.15) is 11.9 Å². The van der Waals surface area contributed by atoms with E-state index >= 15 is 0 Å². The molecule has 1 unspecified atom stereocenters. The number of benzene rings is 1. The second-order valence-corrected chi connectivity index (χ2v) is 14.9. The van der Waals surface area contributed by atoms with Gasteiger partial charge in [-0.15, -0.1) is 11.3 Å². The third kappa shape index (κ3) is 10.9. The Bertz CT molecular complexity index is 1800. The molecule has 6 rings (SSSR count). The summed E-state index contributed by atoms with van der Waals surface area (Å²) in [5.74, 6) is -0.582. The number of nitrogens with zero attached hydrogens (tertiary/aromatic N) is 3. The molecule has 15 nitrogen and oxygen atoms in total. The van der Waals surface area contributed by atoms with Crippen LogP contribution in [0.5, 0.6) is 0 Å². The number of thiazole rings is 1. The van der Waals surface area contributed by atoms with Crippen molar-refractivity contribution in [3.8, 4) is 0 Å². The van der Waals surface area contributed by atoms with Gasteiger partial charge in [-0.25, -0.2) is 9.97 Å². The van der Waals surface area contributed by atoms with Gasteiger partial charge in [-0.1, -0.05) is 31.4 Å². The number of ether oxygens (including phenoxy) is 3.